The van der Waals surface area contributed by atoms with Gasteiger partial charge in [0.15, 0.2) is 0 Å². The number of nitrogens with one attached hydrogen (secondary N) is 1. The lowest BCUT2D eigenvalue weighted by molar-refractivity contribution is -0.129. The highest BCUT2D eigenvalue weighted by molar-refractivity contribution is 5.91. The maximum Gasteiger partial charge on any atom is 0.290 e. The zero-order valence-corrected chi connectivity index (χ0v) is 14.4. The zero-order chi connectivity index (χ0) is 17.8. The van der Waals surface area contributed by atoms with Gasteiger partial charge in [-0.25, -0.2) is 0 Å². The van der Waals surface area contributed by atoms with Gasteiger partial charge >= 0.3 is 0 Å². The van der Waals surface area contributed by atoms with Crippen molar-refractivity contribution >= 4 is 11.8 Å². The molecule has 1 N–H and O–H groups in total. The van der Waals surface area contributed by atoms with E-state index >= 15 is 0 Å². The van der Waals surface area contributed by atoms with Gasteiger partial charge in [-0.3, -0.25) is 19.6 Å². The van der Waals surface area contributed by atoms with Crippen LogP contribution in [0.15, 0.2) is 23.0 Å². The molecule has 1 atom stereocenters. The summed E-state index contributed by atoms with van der Waals surface area (Å²) in [4.78, 5) is 34.4. The largest absolute Gasteiger partial charge is 0.351 e. The molecule has 25 heavy (non-hydrogen) atoms. The highest BCUT2D eigenvalue weighted by Crippen LogP contribution is 2.30. The first kappa shape index (κ1) is 17.1. The topological polar surface area (TPSA) is 101 Å². The molecular formula is C17H21N5O3. The molecule has 1 aliphatic rings. The van der Waals surface area contributed by atoms with Crippen molar-refractivity contribution in [2.75, 3.05) is 6.54 Å². The van der Waals surface area contributed by atoms with E-state index in [4.69, 9.17) is 4.52 Å². The fraction of sp³-hybridized carbons (Fsp3) is 0.471. The van der Waals surface area contributed by atoms with Gasteiger partial charge in [0.25, 0.3) is 5.91 Å². The molecule has 1 saturated heterocycles. The Morgan fingerprint density at radius 1 is 1.36 bits per heavy atom. The highest BCUT2D eigenvalue weighted by atomic mass is 16.5. The van der Waals surface area contributed by atoms with Gasteiger partial charge in [-0.15, -0.1) is 0 Å². The van der Waals surface area contributed by atoms with E-state index in [1.807, 2.05) is 11.8 Å². The fourth-order valence-corrected chi connectivity index (χ4v) is 2.96. The average molecular weight is 343 g/mol. The normalized spacial score (nSPS) is 16.9. The van der Waals surface area contributed by atoms with E-state index in [1.165, 1.54) is 0 Å². The zero-order valence-electron chi connectivity index (χ0n) is 14.4. The van der Waals surface area contributed by atoms with Crippen LogP contribution in [0, 0.1) is 0 Å². The number of hydrogen-bond donors (Lipinski definition) is 1. The fourth-order valence-electron chi connectivity index (χ4n) is 2.96. The van der Waals surface area contributed by atoms with Crippen molar-refractivity contribution in [1.29, 1.82) is 0 Å². The van der Waals surface area contributed by atoms with E-state index in [0.717, 1.165) is 30.8 Å². The van der Waals surface area contributed by atoms with Gasteiger partial charge in [-0.05, 0) is 19.3 Å². The van der Waals surface area contributed by atoms with Crippen molar-refractivity contribution in [1.82, 2.24) is 25.3 Å². The van der Waals surface area contributed by atoms with Crippen LogP contribution in [-0.2, 0) is 17.8 Å². The minimum atomic E-state index is -0.342. The summed E-state index contributed by atoms with van der Waals surface area (Å²) < 4.78 is 5.01. The third kappa shape index (κ3) is 3.84. The van der Waals surface area contributed by atoms with Crippen molar-refractivity contribution in [3.05, 3.63) is 41.3 Å². The van der Waals surface area contributed by atoms with Crippen LogP contribution < -0.4 is 5.32 Å². The van der Waals surface area contributed by atoms with Crippen LogP contribution in [0.25, 0.3) is 0 Å². The SMILES string of the molecule is CCc1cc(C(=O)NCc2cncc(C3CCCN3C(C)=O)n2)on1. The second kappa shape index (κ2) is 7.42. The molecule has 8 nitrogen and oxygen atoms in total. The van der Waals surface area contributed by atoms with Gasteiger partial charge in [0.1, 0.15) is 0 Å². The molecule has 2 aromatic heterocycles. The molecule has 2 aromatic rings. The maximum atomic E-state index is 12.1. The first-order valence-corrected chi connectivity index (χ1v) is 8.40. The Hall–Kier alpha value is -2.77. The van der Waals surface area contributed by atoms with E-state index < -0.39 is 0 Å². The highest BCUT2D eigenvalue weighted by Gasteiger charge is 2.29. The molecule has 0 spiro atoms. The summed E-state index contributed by atoms with van der Waals surface area (Å²) in [6.07, 6.45) is 5.83. The van der Waals surface area contributed by atoms with E-state index in [9.17, 15) is 9.59 Å². The number of carbonyl (C=O) groups excluding carboxylic acids is 2. The van der Waals surface area contributed by atoms with Crippen LogP contribution in [0.2, 0.25) is 0 Å². The first-order valence-electron chi connectivity index (χ1n) is 8.40. The van der Waals surface area contributed by atoms with E-state index in [1.54, 1.807) is 25.4 Å². The number of hydrogen-bond acceptors (Lipinski definition) is 6. The van der Waals surface area contributed by atoms with Gasteiger partial charge in [0.2, 0.25) is 11.7 Å². The third-order valence-electron chi connectivity index (χ3n) is 4.28. The number of aromatic nitrogens is 3. The number of rotatable bonds is 5. The molecule has 3 heterocycles. The molecule has 0 radical (unpaired) electrons. The van der Waals surface area contributed by atoms with Crippen LogP contribution in [0.1, 0.15) is 60.4 Å². The van der Waals surface area contributed by atoms with Crippen molar-refractivity contribution in [3.8, 4) is 0 Å². The lowest BCUT2D eigenvalue weighted by Gasteiger charge is -2.22. The summed E-state index contributed by atoms with van der Waals surface area (Å²) in [7, 11) is 0. The van der Waals surface area contributed by atoms with Gasteiger partial charge < -0.3 is 14.7 Å². The molecule has 1 fully saturated rings. The molecule has 0 aliphatic carbocycles. The molecule has 1 unspecified atom stereocenters. The van der Waals surface area contributed by atoms with Crippen LogP contribution in [-0.4, -0.2) is 38.4 Å². The molecular weight excluding hydrogens is 322 g/mol. The van der Waals surface area contributed by atoms with Crippen molar-refractivity contribution in [2.45, 2.75) is 45.7 Å². The number of likely N-dealkylation sites (tertiary alicyclic amines) is 1. The van der Waals surface area contributed by atoms with E-state index in [0.29, 0.717) is 12.1 Å². The predicted molar refractivity (Wildman–Crippen MR) is 88.4 cm³/mol. The Morgan fingerprint density at radius 2 is 2.20 bits per heavy atom. The van der Waals surface area contributed by atoms with Gasteiger partial charge in [-0.2, -0.15) is 0 Å². The number of carbonyl (C=O) groups is 2. The minimum absolute atomic E-state index is 0.0398. The summed E-state index contributed by atoms with van der Waals surface area (Å²) >= 11 is 0. The minimum Gasteiger partial charge on any atom is -0.351 e. The van der Waals surface area contributed by atoms with E-state index in [2.05, 4.69) is 20.4 Å². The van der Waals surface area contributed by atoms with E-state index in [-0.39, 0.29) is 30.2 Å². The van der Waals surface area contributed by atoms with Crippen molar-refractivity contribution in [3.63, 3.8) is 0 Å². The smallest absolute Gasteiger partial charge is 0.290 e. The second-order valence-corrected chi connectivity index (χ2v) is 6.02. The standard InChI is InChI=1S/C17H21N5O3/c1-3-12-7-16(25-21-12)17(24)19-9-13-8-18-10-14(20-13)15-5-4-6-22(15)11(2)23/h7-8,10,15H,3-6,9H2,1-2H3,(H,19,24). The summed E-state index contributed by atoms with van der Waals surface area (Å²) in [6, 6.07) is 1.59. The Labute approximate surface area is 145 Å². The third-order valence-corrected chi connectivity index (χ3v) is 4.28. The molecule has 132 valence electrons. The quantitative estimate of drug-likeness (QED) is 0.885. The lowest BCUT2D eigenvalue weighted by atomic mass is 10.1. The Morgan fingerprint density at radius 3 is 2.92 bits per heavy atom. The maximum absolute atomic E-state index is 12.1. The number of nitrogens with zero attached hydrogens (tertiary/aromatic N) is 4. The molecule has 0 saturated carbocycles. The van der Waals surface area contributed by atoms with Gasteiger partial charge in [0.05, 0.1) is 42.1 Å². The average Bonchev–Trinajstić information content (AvgIpc) is 3.29. The number of aryl methyl sites for hydroxylation is 1. The Balaban J connectivity index is 1.65. The lowest BCUT2D eigenvalue weighted by Crippen LogP contribution is -2.29. The van der Waals surface area contributed by atoms with Crippen LogP contribution in [0.3, 0.4) is 0 Å². The predicted octanol–water partition coefficient (Wildman–Crippen LogP) is 1.64. The van der Waals surface area contributed by atoms with Gasteiger partial charge in [-0.1, -0.05) is 12.1 Å². The summed E-state index contributed by atoms with van der Waals surface area (Å²) in [5.74, 6) is -0.120. The monoisotopic (exact) mass is 343 g/mol. The first-order chi connectivity index (χ1) is 12.1. The molecule has 3 rings (SSSR count). The Bertz CT molecular complexity index is 773. The van der Waals surface area contributed by atoms with Crippen LogP contribution in [0.5, 0.6) is 0 Å². The molecule has 8 heteroatoms. The molecule has 2 amide bonds. The van der Waals surface area contributed by atoms with Gasteiger partial charge in [0, 0.05) is 19.5 Å². The number of amides is 2. The molecule has 0 aromatic carbocycles. The van der Waals surface area contributed by atoms with Crippen molar-refractivity contribution in [2.24, 2.45) is 0 Å². The second-order valence-electron chi connectivity index (χ2n) is 6.02. The molecule has 1 aliphatic heterocycles. The Kier molecular flexibility index (Phi) is 5.06. The van der Waals surface area contributed by atoms with Crippen LogP contribution in [0.4, 0.5) is 0 Å². The van der Waals surface area contributed by atoms with Crippen LogP contribution >= 0.6 is 0 Å². The summed E-state index contributed by atoms with van der Waals surface area (Å²) in [5.41, 5.74) is 2.13. The summed E-state index contributed by atoms with van der Waals surface area (Å²) in [5, 5.41) is 6.55. The summed E-state index contributed by atoms with van der Waals surface area (Å²) in [6.45, 7) is 4.48. The van der Waals surface area contributed by atoms with Crippen molar-refractivity contribution < 1.29 is 14.1 Å². The molecule has 0 bridgehead atoms.